The quantitative estimate of drug-likeness (QED) is 0.869. The van der Waals surface area contributed by atoms with Crippen LogP contribution in [-0.4, -0.2) is 23.4 Å². The Morgan fingerprint density at radius 3 is 2.35 bits per heavy atom. The van der Waals surface area contributed by atoms with Crippen LogP contribution < -0.4 is 5.32 Å². The molecule has 1 rings (SSSR count). The number of carbonyl (C=O) groups is 1. The van der Waals surface area contributed by atoms with Gasteiger partial charge in [0.1, 0.15) is 5.60 Å². The van der Waals surface area contributed by atoms with Crippen LogP contribution in [0.4, 0.5) is 4.79 Å². The average molecular weight is 279 g/mol. The fourth-order valence-electron chi connectivity index (χ4n) is 2.04. The zero-order chi connectivity index (χ0) is 15.2. The van der Waals surface area contributed by atoms with E-state index in [1.54, 1.807) is 0 Å². The van der Waals surface area contributed by atoms with Crippen LogP contribution in [0.1, 0.15) is 45.7 Å². The number of carbonyl (C=O) groups excluding carboxylic acids is 1. The molecule has 0 aliphatic rings. The molecule has 2 atom stereocenters. The van der Waals surface area contributed by atoms with E-state index in [-0.39, 0.29) is 18.6 Å². The van der Waals surface area contributed by atoms with Gasteiger partial charge in [0.2, 0.25) is 0 Å². The van der Waals surface area contributed by atoms with E-state index < -0.39 is 11.7 Å². The van der Waals surface area contributed by atoms with Crippen LogP contribution >= 0.6 is 0 Å². The molecule has 0 saturated heterocycles. The van der Waals surface area contributed by atoms with Crippen molar-refractivity contribution in [1.29, 1.82) is 0 Å². The molecule has 0 aliphatic heterocycles. The van der Waals surface area contributed by atoms with E-state index >= 15 is 0 Å². The summed E-state index contributed by atoms with van der Waals surface area (Å²) < 4.78 is 5.30. The summed E-state index contributed by atoms with van der Waals surface area (Å²) >= 11 is 0. The Morgan fingerprint density at radius 2 is 1.90 bits per heavy atom. The van der Waals surface area contributed by atoms with Crippen molar-refractivity contribution in [3.05, 3.63) is 35.9 Å². The molecule has 0 spiro atoms. The van der Waals surface area contributed by atoms with Crippen molar-refractivity contribution < 1.29 is 14.6 Å². The number of hydrogen-bond donors (Lipinski definition) is 2. The lowest BCUT2D eigenvalue weighted by Crippen LogP contribution is -2.38. The van der Waals surface area contributed by atoms with Gasteiger partial charge in [-0.3, -0.25) is 0 Å². The molecule has 4 heteroatoms. The maximum absolute atomic E-state index is 12.0. The van der Waals surface area contributed by atoms with Gasteiger partial charge in [0.05, 0.1) is 6.04 Å². The molecule has 0 fully saturated rings. The lowest BCUT2D eigenvalue weighted by atomic mass is 9.91. The number of ether oxygens (including phenoxy) is 1. The van der Waals surface area contributed by atoms with E-state index in [0.29, 0.717) is 0 Å². The normalized spacial score (nSPS) is 14.4. The molecule has 4 nitrogen and oxygen atoms in total. The molecule has 112 valence electrons. The Morgan fingerprint density at radius 1 is 1.30 bits per heavy atom. The highest BCUT2D eigenvalue weighted by Crippen LogP contribution is 2.25. The predicted molar refractivity (Wildman–Crippen MR) is 79.4 cm³/mol. The molecule has 0 radical (unpaired) electrons. The van der Waals surface area contributed by atoms with Crippen LogP contribution in [0.3, 0.4) is 0 Å². The van der Waals surface area contributed by atoms with Crippen LogP contribution in [0.15, 0.2) is 30.3 Å². The number of alkyl carbamates (subject to hydrolysis) is 1. The van der Waals surface area contributed by atoms with Gasteiger partial charge in [-0.15, -0.1) is 0 Å². The second-order valence-electron chi connectivity index (χ2n) is 5.89. The lowest BCUT2D eigenvalue weighted by Gasteiger charge is -2.28. The van der Waals surface area contributed by atoms with E-state index in [1.165, 1.54) is 0 Å². The van der Waals surface area contributed by atoms with Crippen LogP contribution in [0.5, 0.6) is 0 Å². The third kappa shape index (κ3) is 5.21. The maximum atomic E-state index is 12.0. The minimum Gasteiger partial charge on any atom is -0.444 e. The van der Waals surface area contributed by atoms with Gasteiger partial charge in [0.25, 0.3) is 0 Å². The van der Waals surface area contributed by atoms with Crippen molar-refractivity contribution in [3.8, 4) is 0 Å². The molecule has 0 heterocycles. The molecular formula is C16H25NO3. The van der Waals surface area contributed by atoms with Crippen LogP contribution in [0, 0.1) is 5.92 Å². The van der Waals surface area contributed by atoms with Crippen LogP contribution in [0.2, 0.25) is 0 Å². The number of hydrogen-bond acceptors (Lipinski definition) is 3. The number of amides is 1. The van der Waals surface area contributed by atoms with Crippen LogP contribution in [0.25, 0.3) is 0 Å². The van der Waals surface area contributed by atoms with Gasteiger partial charge in [-0.2, -0.15) is 0 Å². The summed E-state index contributed by atoms with van der Waals surface area (Å²) in [6.45, 7) is 7.49. The number of aliphatic hydroxyl groups excluding tert-OH is 1. The second-order valence-corrected chi connectivity index (χ2v) is 5.89. The van der Waals surface area contributed by atoms with Crippen LogP contribution in [-0.2, 0) is 4.74 Å². The number of rotatable bonds is 5. The van der Waals surface area contributed by atoms with Gasteiger partial charge >= 0.3 is 6.09 Å². The third-order valence-corrected chi connectivity index (χ3v) is 3.06. The molecule has 0 saturated carbocycles. The van der Waals surface area contributed by atoms with E-state index in [2.05, 4.69) is 5.32 Å². The largest absolute Gasteiger partial charge is 0.444 e. The molecule has 0 unspecified atom stereocenters. The SMILES string of the molecule is CC[C@@H](CO)[C@@H](NC(=O)OC(C)(C)C)c1ccccc1. The highest BCUT2D eigenvalue weighted by molar-refractivity contribution is 5.68. The summed E-state index contributed by atoms with van der Waals surface area (Å²) in [6, 6.07) is 9.40. The Hall–Kier alpha value is -1.55. The second kappa shape index (κ2) is 7.29. The fraction of sp³-hybridized carbons (Fsp3) is 0.562. The molecule has 0 aliphatic carbocycles. The molecule has 20 heavy (non-hydrogen) atoms. The first-order chi connectivity index (χ1) is 9.37. The van der Waals surface area contributed by atoms with E-state index in [0.717, 1.165) is 12.0 Å². The topological polar surface area (TPSA) is 58.6 Å². The molecule has 1 aromatic carbocycles. The Kier molecular flexibility index (Phi) is 6.02. The van der Waals surface area contributed by atoms with Gasteiger partial charge in [0.15, 0.2) is 0 Å². The zero-order valence-electron chi connectivity index (χ0n) is 12.7. The summed E-state index contributed by atoms with van der Waals surface area (Å²) in [5.74, 6) is -0.0371. The Balaban J connectivity index is 2.87. The van der Waals surface area contributed by atoms with E-state index in [1.807, 2.05) is 58.0 Å². The minimum atomic E-state index is -0.535. The summed E-state index contributed by atoms with van der Waals surface area (Å²) in [5.41, 5.74) is 0.436. The van der Waals surface area contributed by atoms with Crippen molar-refractivity contribution in [2.24, 2.45) is 5.92 Å². The molecule has 1 aromatic rings. The molecular weight excluding hydrogens is 254 g/mol. The summed E-state index contributed by atoms with van der Waals surface area (Å²) in [7, 11) is 0. The monoisotopic (exact) mass is 279 g/mol. The predicted octanol–water partition coefficient (Wildman–Crippen LogP) is 3.27. The van der Waals surface area contributed by atoms with Crippen molar-refractivity contribution in [1.82, 2.24) is 5.32 Å². The lowest BCUT2D eigenvalue weighted by molar-refractivity contribution is 0.0468. The highest BCUT2D eigenvalue weighted by atomic mass is 16.6. The number of benzene rings is 1. The first-order valence-electron chi connectivity index (χ1n) is 7.02. The average Bonchev–Trinajstić information content (AvgIpc) is 2.38. The van der Waals surface area contributed by atoms with Crippen molar-refractivity contribution in [2.45, 2.75) is 45.8 Å². The van der Waals surface area contributed by atoms with Gasteiger partial charge in [-0.05, 0) is 32.8 Å². The summed E-state index contributed by atoms with van der Waals surface area (Å²) in [6.07, 6.45) is 0.310. The summed E-state index contributed by atoms with van der Waals surface area (Å²) in [5, 5.41) is 12.4. The minimum absolute atomic E-state index is 0.0197. The van der Waals surface area contributed by atoms with Crippen molar-refractivity contribution in [3.63, 3.8) is 0 Å². The number of aliphatic hydroxyl groups is 1. The van der Waals surface area contributed by atoms with Crippen molar-refractivity contribution in [2.75, 3.05) is 6.61 Å². The maximum Gasteiger partial charge on any atom is 0.408 e. The highest BCUT2D eigenvalue weighted by Gasteiger charge is 2.25. The fourth-order valence-corrected chi connectivity index (χ4v) is 2.04. The Bertz CT molecular complexity index is 407. The zero-order valence-corrected chi connectivity index (χ0v) is 12.7. The molecule has 1 amide bonds. The van der Waals surface area contributed by atoms with Gasteiger partial charge in [-0.25, -0.2) is 4.79 Å². The summed E-state index contributed by atoms with van der Waals surface area (Å²) in [4.78, 5) is 12.0. The molecule has 2 N–H and O–H groups in total. The van der Waals surface area contributed by atoms with E-state index in [4.69, 9.17) is 4.74 Å². The van der Waals surface area contributed by atoms with Crippen molar-refractivity contribution >= 4 is 6.09 Å². The Labute approximate surface area is 121 Å². The van der Waals surface area contributed by atoms with E-state index in [9.17, 15) is 9.90 Å². The standard InChI is InChI=1S/C16H25NO3/c1-5-12(11-18)14(13-9-7-6-8-10-13)17-15(19)20-16(2,3)4/h6-10,12,14,18H,5,11H2,1-4H3,(H,17,19)/t12-,14+/m0/s1. The van der Waals surface area contributed by atoms with Gasteiger partial charge < -0.3 is 15.2 Å². The molecule has 0 bridgehead atoms. The first-order valence-corrected chi connectivity index (χ1v) is 7.02. The van der Waals surface area contributed by atoms with Gasteiger partial charge in [-0.1, -0.05) is 37.3 Å². The smallest absolute Gasteiger partial charge is 0.408 e. The van der Waals surface area contributed by atoms with Gasteiger partial charge in [0, 0.05) is 12.5 Å². The molecule has 0 aromatic heterocycles. The number of nitrogens with one attached hydrogen (secondary N) is 1. The first kappa shape index (κ1) is 16.5. The third-order valence-electron chi connectivity index (χ3n) is 3.06.